The lowest BCUT2D eigenvalue weighted by Gasteiger charge is -2.23. The Bertz CT molecular complexity index is 1270. The summed E-state index contributed by atoms with van der Waals surface area (Å²) in [5.41, 5.74) is 12.8. The van der Waals surface area contributed by atoms with Crippen LogP contribution in [0.2, 0.25) is 0 Å². The first-order valence-electron chi connectivity index (χ1n) is 11.4. The van der Waals surface area contributed by atoms with Crippen LogP contribution in [0, 0.1) is 34.8 Å². The van der Waals surface area contributed by atoms with Gasteiger partial charge in [0.2, 0.25) is 0 Å². The maximum absolute atomic E-state index is 13.5. The Morgan fingerprint density at radius 3 is 2.06 bits per heavy atom. The zero-order chi connectivity index (χ0) is 26.0. The number of halogens is 2. The first kappa shape index (κ1) is 27.6. The molecule has 0 saturated heterocycles. The van der Waals surface area contributed by atoms with Crippen molar-refractivity contribution in [2.45, 2.75) is 53.5 Å². The third kappa shape index (κ3) is 5.56. The van der Waals surface area contributed by atoms with E-state index in [0.29, 0.717) is 22.6 Å². The van der Waals surface area contributed by atoms with Gasteiger partial charge in [0.1, 0.15) is 11.8 Å². The molecular weight excluding hydrogens is 668 g/mol. The van der Waals surface area contributed by atoms with Crippen molar-refractivity contribution in [3.05, 3.63) is 88.0 Å². The molecule has 3 aromatic carbocycles. The number of carboxylic acid groups (broad SMARTS) is 1. The van der Waals surface area contributed by atoms with Gasteiger partial charge in [-0.25, -0.2) is 0 Å². The number of carboxylic acids is 1. The normalized spacial score (nSPS) is 11.9. The molecule has 184 valence electrons. The predicted molar refractivity (Wildman–Crippen MR) is 156 cm³/mol. The van der Waals surface area contributed by atoms with Gasteiger partial charge in [0.05, 0.1) is 7.14 Å². The number of benzene rings is 3. The van der Waals surface area contributed by atoms with Crippen LogP contribution in [0.25, 0.3) is 0 Å². The molecule has 0 spiro atoms. The van der Waals surface area contributed by atoms with E-state index >= 15 is 0 Å². The Kier molecular flexibility index (Phi) is 8.98. The maximum atomic E-state index is 13.5. The Morgan fingerprint density at radius 1 is 0.971 bits per heavy atom. The average molecular weight is 697 g/mol. The van der Waals surface area contributed by atoms with Crippen LogP contribution in [0.1, 0.15) is 56.2 Å². The summed E-state index contributed by atoms with van der Waals surface area (Å²) in [4.78, 5) is 24.8. The topological polar surface area (TPSA) is 89.6 Å². The van der Waals surface area contributed by atoms with Crippen LogP contribution in [0.5, 0.6) is 11.5 Å². The van der Waals surface area contributed by atoms with E-state index in [0.717, 1.165) is 46.9 Å². The van der Waals surface area contributed by atoms with Gasteiger partial charge in [-0.2, -0.15) is 0 Å². The summed E-state index contributed by atoms with van der Waals surface area (Å²) in [7, 11) is 0. The molecule has 0 amide bonds. The lowest BCUT2D eigenvalue weighted by molar-refractivity contribution is -0.138. The number of hydrogen-bond acceptors (Lipinski definition) is 4. The van der Waals surface area contributed by atoms with Gasteiger partial charge >= 0.3 is 5.97 Å². The summed E-state index contributed by atoms with van der Waals surface area (Å²) in [5, 5.41) is 9.29. The molecule has 5 nitrogen and oxygen atoms in total. The first-order chi connectivity index (χ1) is 16.5. The smallest absolute Gasteiger partial charge is 0.320 e. The molecule has 0 bridgehead atoms. The molecule has 0 fully saturated rings. The minimum atomic E-state index is -1.02. The first-order valence-corrected chi connectivity index (χ1v) is 13.5. The van der Waals surface area contributed by atoms with E-state index in [1.807, 2.05) is 64.1 Å². The van der Waals surface area contributed by atoms with Gasteiger partial charge in [0.15, 0.2) is 11.5 Å². The quantitative estimate of drug-likeness (QED) is 0.203. The van der Waals surface area contributed by atoms with Gasteiger partial charge in [-0.1, -0.05) is 43.3 Å². The number of aryl methyl sites for hydroxylation is 2. The largest absolute Gasteiger partial charge is 0.480 e. The van der Waals surface area contributed by atoms with Gasteiger partial charge in [0.25, 0.3) is 0 Å². The van der Waals surface area contributed by atoms with Gasteiger partial charge in [-0.15, -0.1) is 0 Å². The minimum Gasteiger partial charge on any atom is -0.480 e. The summed E-state index contributed by atoms with van der Waals surface area (Å²) in [6.07, 6.45) is 0.986. The van der Waals surface area contributed by atoms with E-state index in [9.17, 15) is 14.7 Å². The highest BCUT2D eigenvalue weighted by atomic mass is 127. The predicted octanol–water partition coefficient (Wildman–Crippen LogP) is 6.67. The maximum Gasteiger partial charge on any atom is 0.320 e. The van der Waals surface area contributed by atoms with E-state index in [1.54, 1.807) is 0 Å². The van der Waals surface area contributed by atoms with E-state index in [2.05, 4.69) is 52.1 Å². The summed E-state index contributed by atoms with van der Waals surface area (Å²) in [5.74, 6) is 0.347. The lowest BCUT2D eigenvalue weighted by Crippen LogP contribution is -2.33. The highest BCUT2D eigenvalue weighted by molar-refractivity contribution is 14.1. The van der Waals surface area contributed by atoms with Crippen molar-refractivity contribution in [1.29, 1.82) is 0 Å². The van der Waals surface area contributed by atoms with Crippen molar-refractivity contribution in [1.82, 2.24) is 0 Å². The number of hydrogen-bond donors (Lipinski definition) is 2. The number of ketones is 1. The van der Waals surface area contributed by atoms with Crippen LogP contribution < -0.4 is 10.5 Å². The molecule has 3 rings (SSSR count). The van der Waals surface area contributed by atoms with Crippen LogP contribution in [-0.4, -0.2) is 22.9 Å². The van der Waals surface area contributed by atoms with Gasteiger partial charge in [-0.05, 0) is 114 Å². The number of ether oxygens (including phenoxy) is 1. The SMILES string of the molecule is CCc1cc(C)c(Oc2c(I)c(C)c(CC(N)C(=O)O)c(C)c2I)c(C)c1C(=O)c1ccccc1. The van der Waals surface area contributed by atoms with Crippen molar-refractivity contribution >= 4 is 56.9 Å². The van der Waals surface area contributed by atoms with Crippen molar-refractivity contribution in [3.8, 4) is 11.5 Å². The fourth-order valence-electron chi connectivity index (χ4n) is 4.32. The van der Waals surface area contributed by atoms with Crippen LogP contribution in [-0.2, 0) is 17.6 Å². The van der Waals surface area contributed by atoms with Crippen LogP contribution in [0.15, 0.2) is 36.4 Å². The molecule has 0 saturated carbocycles. The molecule has 3 aromatic rings. The van der Waals surface area contributed by atoms with Crippen LogP contribution in [0.3, 0.4) is 0 Å². The van der Waals surface area contributed by atoms with Gasteiger partial charge < -0.3 is 15.6 Å². The van der Waals surface area contributed by atoms with Crippen LogP contribution >= 0.6 is 45.2 Å². The Hall–Kier alpha value is -1.98. The van der Waals surface area contributed by atoms with Crippen molar-refractivity contribution in [2.24, 2.45) is 5.73 Å². The zero-order valence-corrected chi connectivity index (χ0v) is 24.8. The molecule has 1 unspecified atom stereocenters. The Labute approximate surface area is 233 Å². The fraction of sp³-hybridized carbons (Fsp3) is 0.286. The molecule has 0 radical (unpaired) electrons. The van der Waals surface area contributed by atoms with Crippen LogP contribution in [0.4, 0.5) is 0 Å². The molecular formula is C28H29I2NO4. The lowest BCUT2D eigenvalue weighted by atomic mass is 9.90. The van der Waals surface area contributed by atoms with Gasteiger partial charge in [0, 0.05) is 16.7 Å². The molecule has 7 heteroatoms. The average Bonchev–Trinajstić information content (AvgIpc) is 2.84. The van der Waals surface area contributed by atoms with Crippen molar-refractivity contribution in [3.63, 3.8) is 0 Å². The third-order valence-electron chi connectivity index (χ3n) is 6.34. The Morgan fingerprint density at radius 2 is 1.54 bits per heavy atom. The van der Waals surface area contributed by atoms with Crippen molar-refractivity contribution < 1.29 is 19.4 Å². The van der Waals surface area contributed by atoms with Gasteiger partial charge in [-0.3, -0.25) is 9.59 Å². The molecule has 0 aliphatic carbocycles. The number of nitrogens with two attached hydrogens (primary N) is 1. The summed E-state index contributed by atoms with van der Waals surface area (Å²) in [6, 6.07) is 10.4. The zero-order valence-electron chi connectivity index (χ0n) is 20.5. The van der Waals surface area contributed by atoms with E-state index in [-0.39, 0.29) is 12.2 Å². The molecule has 0 heterocycles. The number of carbonyl (C=O) groups is 2. The molecule has 3 N–H and O–H groups in total. The number of aliphatic carboxylic acids is 1. The number of carbonyl (C=O) groups excluding carboxylic acids is 1. The molecule has 0 aliphatic heterocycles. The molecule has 1 atom stereocenters. The summed E-state index contributed by atoms with van der Waals surface area (Å²) < 4.78 is 8.39. The standard InChI is InChI=1S/C28H29I2NO4/c1-6-18-12-14(2)26(17(5)22(18)25(32)19-10-8-7-9-11-19)35-27-23(29)15(3)20(16(4)24(27)30)13-21(31)28(33)34/h7-12,21H,6,13,31H2,1-5H3,(H,33,34). The van der Waals surface area contributed by atoms with Crippen molar-refractivity contribution in [2.75, 3.05) is 0 Å². The second-order valence-corrected chi connectivity index (χ2v) is 10.8. The highest BCUT2D eigenvalue weighted by Gasteiger charge is 2.25. The van der Waals surface area contributed by atoms with E-state index in [4.69, 9.17) is 10.5 Å². The monoisotopic (exact) mass is 697 g/mol. The summed E-state index contributed by atoms with van der Waals surface area (Å²) >= 11 is 4.50. The van der Waals surface area contributed by atoms with E-state index in [1.165, 1.54) is 0 Å². The van der Waals surface area contributed by atoms with E-state index < -0.39 is 12.0 Å². The third-order valence-corrected chi connectivity index (χ3v) is 8.94. The summed E-state index contributed by atoms with van der Waals surface area (Å²) in [6.45, 7) is 9.92. The highest BCUT2D eigenvalue weighted by Crippen LogP contribution is 2.41. The molecule has 0 aliphatic rings. The molecule has 0 aromatic heterocycles. The minimum absolute atomic E-state index is 0.0143. The second kappa shape index (κ2) is 11.4. The second-order valence-electron chi connectivity index (χ2n) is 8.67. The fourth-order valence-corrected chi connectivity index (χ4v) is 6.25. The molecule has 35 heavy (non-hydrogen) atoms. The number of rotatable bonds is 8. The Balaban J connectivity index is 2.14.